The van der Waals surface area contributed by atoms with Crippen molar-refractivity contribution < 1.29 is 23.8 Å². The zero-order valence-corrected chi connectivity index (χ0v) is 18.0. The first-order valence-corrected chi connectivity index (χ1v) is 10.3. The number of rotatable bonds is 6. The van der Waals surface area contributed by atoms with Crippen LogP contribution in [0.3, 0.4) is 0 Å². The molecule has 2 aromatic rings. The maximum atomic E-state index is 13.8. The van der Waals surface area contributed by atoms with Crippen LogP contribution < -0.4 is 19.1 Å². The third-order valence-corrected chi connectivity index (χ3v) is 5.73. The summed E-state index contributed by atoms with van der Waals surface area (Å²) in [6.45, 7) is 1.46. The number of anilines is 1. The molecule has 2 amide bonds. The average molecular weight is 422 g/mol. The lowest BCUT2D eigenvalue weighted by atomic mass is 10.0. The summed E-state index contributed by atoms with van der Waals surface area (Å²) in [6, 6.07) is 12.4. The Bertz CT molecular complexity index is 1040. The summed E-state index contributed by atoms with van der Waals surface area (Å²) in [5.74, 6) is 0.733. The molecular weight excluding hydrogens is 396 g/mol. The van der Waals surface area contributed by atoms with Crippen LogP contribution in [-0.2, 0) is 9.59 Å². The van der Waals surface area contributed by atoms with Gasteiger partial charge in [0.1, 0.15) is 22.9 Å². The number of hydrogen-bond acceptors (Lipinski definition) is 6. The number of piperidine rings is 1. The van der Waals surface area contributed by atoms with Gasteiger partial charge in [-0.3, -0.25) is 9.59 Å². The predicted octanol–water partition coefficient (Wildman–Crippen LogP) is 3.48. The Hall–Kier alpha value is -3.48. The number of hydrogen-bond donors (Lipinski definition) is 0. The summed E-state index contributed by atoms with van der Waals surface area (Å²) in [5.41, 5.74) is 1.73. The summed E-state index contributed by atoms with van der Waals surface area (Å²) in [7, 11) is 4.61. The number of nitrogens with zero attached hydrogens (tertiary/aromatic N) is 2. The highest BCUT2D eigenvalue weighted by atomic mass is 16.5. The average Bonchev–Trinajstić information content (AvgIpc) is 3.08. The van der Waals surface area contributed by atoms with Gasteiger partial charge in [0.15, 0.2) is 0 Å². The minimum absolute atomic E-state index is 0.356. The van der Waals surface area contributed by atoms with E-state index in [-0.39, 0.29) is 5.91 Å². The van der Waals surface area contributed by atoms with Gasteiger partial charge in [-0.15, -0.1) is 0 Å². The summed E-state index contributed by atoms with van der Waals surface area (Å²) >= 11 is 0. The Morgan fingerprint density at radius 1 is 0.774 bits per heavy atom. The van der Waals surface area contributed by atoms with Crippen LogP contribution in [0.4, 0.5) is 5.69 Å². The van der Waals surface area contributed by atoms with Crippen LogP contribution in [0, 0.1) is 0 Å². The fourth-order valence-corrected chi connectivity index (χ4v) is 4.21. The van der Waals surface area contributed by atoms with Gasteiger partial charge in [0, 0.05) is 24.7 Å². The summed E-state index contributed by atoms with van der Waals surface area (Å²) in [6.07, 6.45) is 3.07. The van der Waals surface area contributed by atoms with E-state index in [9.17, 15) is 9.59 Å². The van der Waals surface area contributed by atoms with E-state index in [0.717, 1.165) is 32.4 Å². The zero-order chi connectivity index (χ0) is 22.0. The third-order valence-electron chi connectivity index (χ3n) is 5.73. The molecule has 0 N–H and O–H groups in total. The number of amides is 2. The molecule has 0 saturated carbocycles. The Balaban J connectivity index is 1.89. The van der Waals surface area contributed by atoms with E-state index in [1.807, 2.05) is 23.1 Å². The van der Waals surface area contributed by atoms with E-state index in [1.165, 1.54) is 19.1 Å². The highest BCUT2D eigenvalue weighted by Gasteiger charge is 2.44. The third kappa shape index (κ3) is 3.60. The topological polar surface area (TPSA) is 68.3 Å². The number of carbonyl (C=O) groups excluding carboxylic acids is 2. The Morgan fingerprint density at radius 2 is 1.48 bits per heavy atom. The molecule has 0 unspecified atom stereocenters. The fourth-order valence-electron chi connectivity index (χ4n) is 4.21. The van der Waals surface area contributed by atoms with Gasteiger partial charge in [0.25, 0.3) is 11.8 Å². The van der Waals surface area contributed by atoms with Crippen molar-refractivity contribution in [2.24, 2.45) is 0 Å². The van der Waals surface area contributed by atoms with Crippen LogP contribution in [0.2, 0.25) is 0 Å². The molecule has 0 radical (unpaired) electrons. The van der Waals surface area contributed by atoms with Crippen LogP contribution >= 0.6 is 0 Å². The van der Waals surface area contributed by atoms with Crippen molar-refractivity contribution >= 4 is 23.1 Å². The van der Waals surface area contributed by atoms with Crippen LogP contribution in [-0.4, -0.2) is 51.1 Å². The van der Waals surface area contributed by atoms with Gasteiger partial charge in [0.05, 0.1) is 32.6 Å². The van der Waals surface area contributed by atoms with Crippen molar-refractivity contribution in [2.75, 3.05) is 39.3 Å². The standard InChI is InChI=1S/C24H26N2O5/c1-29-16-11-12-20(31-3)18(15-16)26-23(27)21(17-9-5-6-10-19(17)30-2)22(24(26)28)25-13-7-4-8-14-25/h5-6,9-12,15H,4,7-8,13-14H2,1-3H3. The van der Waals surface area contributed by atoms with Gasteiger partial charge in [-0.1, -0.05) is 18.2 Å². The molecule has 7 nitrogen and oxygen atoms in total. The molecular formula is C24H26N2O5. The van der Waals surface area contributed by atoms with E-state index in [4.69, 9.17) is 14.2 Å². The molecule has 162 valence electrons. The Labute approximate surface area is 181 Å². The number of ether oxygens (including phenoxy) is 3. The van der Waals surface area contributed by atoms with Gasteiger partial charge in [-0.25, -0.2) is 4.90 Å². The first-order chi connectivity index (χ1) is 15.1. The van der Waals surface area contributed by atoms with Crippen molar-refractivity contribution in [1.29, 1.82) is 0 Å². The highest BCUT2D eigenvalue weighted by molar-refractivity contribution is 6.46. The fraction of sp³-hybridized carbons (Fsp3) is 0.333. The lowest BCUT2D eigenvalue weighted by Gasteiger charge is -2.30. The van der Waals surface area contributed by atoms with E-state index in [0.29, 0.717) is 39.8 Å². The highest BCUT2D eigenvalue weighted by Crippen LogP contribution is 2.42. The molecule has 0 spiro atoms. The number of imide groups is 1. The van der Waals surface area contributed by atoms with E-state index in [2.05, 4.69) is 0 Å². The van der Waals surface area contributed by atoms with Crippen LogP contribution in [0.15, 0.2) is 48.2 Å². The minimum atomic E-state index is -0.401. The van der Waals surface area contributed by atoms with Gasteiger partial charge >= 0.3 is 0 Å². The minimum Gasteiger partial charge on any atom is -0.497 e. The van der Waals surface area contributed by atoms with Crippen LogP contribution in [0.25, 0.3) is 5.57 Å². The molecule has 0 atom stereocenters. The first kappa shape index (κ1) is 20.8. The van der Waals surface area contributed by atoms with E-state index < -0.39 is 5.91 Å². The molecule has 1 saturated heterocycles. The van der Waals surface area contributed by atoms with Crippen molar-refractivity contribution in [3.63, 3.8) is 0 Å². The molecule has 2 aromatic carbocycles. The summed E-state index contributed by atoms with van der Waals surface area (Å²) in [4.78, 5) is 30.7. The number of carbonyl (C=O) groups is 2. The lowest BCUT2D eigenvalue weighted by Crippen LogP contribution is -2.37. The van der Waals surface area contributed by atoms with E-state index in [1.54, 1.807) is 31.4 Å². The van der Waals surface area contributed by atoms with Crippen LogP contribution in [0.5, 0.6) is 17.2 Å². The van der Waals surface area contributed by atoms with Crippen molar-refractivity contribution in [1.82, 2.24) is 4.90 Å². The second-order valence-corrected chi connectivity index (χ2v) is 7.46. The molecule has 4 rings (SSSR count). The number of likely N-dealkylation sites (tertiary alicyclic amines) is 1. The Morgan fingerprint density at radius 3 is 2.16 bits per heavy atom. The van der Waals surface area contributed by atoms with Crippen molar-refractivity contribution in [2.45, 2.75) is 19.3 Å². The predicted molar refractivity (Wildman–Crippen MR) is 117 cm³/mol. The van der Waals surface area contributed by atoms with Crippen molar-refractivity contribution in [3.05, 3.63) is 53.7 Å². The quantitative estimate of drug-likeness (QED) is 0.664. The molecule has 7 heteroatoms. The largest absolute Gasteiger partial charge is 0.497 e. The van der Waals surface area contributed by atoms with E-state index >= 15 is 0 Å². The molecule has 0 aliphatic carbocycles. The zero-order valence-electron chi connectivity index (χ0n) is 18.0. The molecule has 2 aliphatic heterocycles. The summed E-state index contributed by atoms with van der Waals surface area (Å²) in [5, 5.41) is 0. The van der Waals surface area contributed by atoms with Gasteiger partial charge in [-0.2, -0.15) is 0 Å². The molecule has 1 fully saturated rings. The number of methoxy groups -OCH3 is 3. The first-order valence-electron chi connectivity index (χ1n) is 10.3. The number of para-hydroxylation sites is 1. The molecule has 2 heterocycles. The Kier molecular flexibility index (Phi) is 5.84. The molecule has 2 aliphatic rings. The summed E-state index contributed by atoms with van der Waals surface area (Å²) < 4.78 is 16.3. The second kappa shape index (κ2) is 8.71. The smallest absolute Gasteiger partial charge is 0.282 e. The lowest BCUT2D eigenvalue weighted by molar-refractivity contribution is -0.120. The number of benzene rings is 2. The van der Waals surface area contributed by atoms with Gasteiger partial charge < -0.3 is 19.1 Å². The molecule has 31 heavy (non-hydrogen) atoms. The molecule has 0 aromatic heterocycles. The normalized spacial score (nSPS) is 16.7. The molecule has 0 bridgehead atoms. The maximum absolute atomic E-state index is 13.8. The maximum Gasteiger partial charge on any atom is 0.282 e. The SMILES string of the molecule is COc1ccc(OC)c(N2C(=O)C(c3ccccc3OC)=C(N3CCCCC3)C2=O)c1. The monoisotopic (exact) mass is 422 g/mol. The van der Waals surface area contributed by atoms with Gasteiger partial charge in [-0.05, 0) is 37.5 Å². The van der Waals surface area contributed by atoms with Crippen LogP contribution in [0.1, 0.15) is 24.8 Å². The van der Waals surface area contributed by atoms with Gasteiger partial charge in [0.2, 0.25) is 0 Å². The second-order valence-electron chi connectivity index (χ2n) is 7.46. The van der Waals surface area contributed by atoms with Crippen molar-refractivity contribution in [3.8, 4) is 17.2 Å².